The van der Waals surface area contributed by atoms with Crippen LogP contribution in [0.25, 0.3) is 0 Å². The molecule has 2 heterocycles. The van der Waals surface area contributed by atoms with Crippen LogP contribution in [0.5, 0.6) is 5.75 Å². The fourth-order valence-electron chi connectivity index (χ4n) is 8.88. The number of aryl methyl sites for hydroxylation is 2. The Bertz CT molecular complexity index is 1800. The van der Waals surface area contributed by atoms with Gasteiger partial charge in [0, 0.05) is 18.4 Å². The van der Waals surface area contributed by atoms with Crippen LogP contribution in [0.4, 0.5) is 5.69 Å². The van der Waals surface area contributed by atoms with Crippen molar-refractivity contribution in [2.45, 2.75) is 64.4 Å². The Morgan fingerprint density at radius 3 is 1.90 bits per heavy atom. The molecule has 0 aromatic heterocycles. The van der Waals surface area contributed by atoms with Gasteiger partial charge in [-0.05, 0) is 83.1 Å². The molecule has 1 saturated carbocycles. The Labute approximate surface area is 289 Å². The predicted octanol–water partition coefficient (Wildman–Crippen LogP) is 6.18. The number of fused-ring (bicyclic) bond motifs is 3. The van der Waals surface area contributed by atoms with Gasteiger partial charge in [-0.25, -0.2) is 0 Å². The average molecular weight is 676 g/mol. The van der Waals surface area contributed by atoms with Crippen molar-refractivity contribution < 1.29 is 29.0 Å². The predicted molar refractivity (Wildman–Crippen MR) is 192 cm³/mol. The molecular formula is C41H45NO6Si. The van der Waals surface area contributed by atoms with Crippen LogP contribution < -0.4 is 15.3 Å². The van der Waals surface area contributed by atoms with Gasteiger partial charge in [0.25, 0.3) is 8.32 Å². The molecule has 6 atom stereocenters. The summed E-state index contributed by atoms with van der Waals surface area (Å²) in [7, 11) is -3.00. The summed E-state index contributed by atoms with van der Waals surface area (Å²) in [5, 5.41) is 25.3. The maximum Gasteiger partial charge on any atom is 0.261 e. The van der Waals surface area contributed by atoms with Gasteiger partial charge in [-0.1, -0.05) is 99.6 Å². The molecule has 2 saturated heterocycles. The number of para-hydroxylation sites is 1. The number of aliphatic hydroxyl groups is 1. The normalized spacial score (nSPS) is 26.9. The minimum atomic E-state index is -3.00. The van der Waals surface area contributed by atoms with Crippen molar-refractivity contribution in [1.29, 1.82) is 0 Å². The summed E-state index contributed by atoms with van der Waals surface area (Å²) < 4.78 is 14.1. The highest BCUT2D eigenvalue weighted by Gasteiger charge is 2.67. The highest BCUT2D eigenvalue weighted by atomic mass is 28.4. The zero-order valence-corrected chi connectivity index (χ0v) is 29.8. The maximum absolute atomic E-state index is 14.2. The third-order valence-corrected chi connectivity index (χ3v) is 16.2. The zero-order chi connectivity index (χ0) is 34.7. The second-order valence-corrected chi connectivity index (χ2v) is 19.4. The molecule has 0 unspecified atom stereocenters. The zero-order valence-electron chi connectivity index (χ0n) is 28.8. The number of hydrogen-bond donors (Lipinski definition) is 2. The van der Waals surface area contributed by atoms with Crippen molar-refractivity contribution in [1.82, 2.24) is 0 Å². The third kappa shape index (κ3) is 5.37. The molecule has 0 spiro atoms. The summed E-state index contributed by atoms with van der Waals surface area (Å²) in [5.41, 5.74) is 2.80. The fraction of sp³-hybridized carbons (Fsp3) is 0.366. The molecule has 7 nitrogen and oxygen atoms in total. The number of anilines is 1. The van der Waals surface area contributed by atoms with Crippen LogP contribution in [0.2, 0.25) is 5.04 Å². The first-order valence-electron chi connectivity index (χ1n) is 17.2. The first kappa shape index (κ1) is 33.4. The van der Waals surface area contributed by atoms with Gasteiger partial charge in [0.2, 0.25) is 11.8 Å². The third-order valence-electron chi connectivity index (χ3n) is 11.2. The van der Waals surface area contributed by atoms with Crippen LogP contribution in [0.15, 0.2) is 103 Å². The van der Waals surface area contributed by atoms with Crippen molar-refractivity contribution in [3.05, 3.63) is 120 Å². The highest BCUT2D eigenvalue weighted by molar-refractivity contribution is 6.99. The number of ether oxygens (including phenoxy) is 1. The molecule has 4 aromatic rings. The first-order valence-corrected chi connectivity index (χ1v) is 19.2. The summed E-state index contributed by atoms with van der Waals surface area (Å²) in [5.74, 6) is -4.59. The Morgan fingerprint density at radius 1 is 0.837 bits per heavy atom. The number of phenols is 1. The van der Waals surface area contributed by atoms with E-state index in [0.717, 1.165) is 15.9 Å². The van der Waals surface area contributed by atoms with Gasteiger partial charge >= 0.3 is 0 Å². The Hall–Kier alpha value is -4.08. The van der Waals surface area contributed by atoms with Gasteiger partial charge in [0.05, 0.1) is 23.6 Å². The van der Waals surface area contributed by atoms with E-state index >= 15 is 0 Å². The quantitative estimate of drug-likeness (QED) is 0.180. The van der Waals surface area contributed by atoms with Crippen molar-refractivity contribution in [2.24, 2.45) is 23.7 Å². The number of nitrogens with zero attached hydrogens (tertiary/aromatic N) is 1. The van der Waals surface area contributed by atoms with Crippen LogP contribution in [0.3, 0.4) is 0 Å². The number of amides is 2. The number of aromatic hydroxyl groups is 1. The lowest BCUT2D eigenvalue weighted by molar-refractivity contribution is -0.273. The standard InChI is InChI=1S/C41H45NO6Si/c1-26-21-28(22-27(2)37(26)43)35-24-34-36-33(38(44)42(39(36)45)30-15-9-6-10-16-30)23-29(41(34,46)48-35)25-47-49(40(3,4)5,31-17-11-7-12-18-31)32-19-13-8-14-20-32/h6-22,29,33-36,43,46H,23-25H2,1-5H3/t29-,33+,34+,35+,36+,41-/m1/s1. The van der Waals surface area contributed by atoms with Crippen LogP contribution in [-0.2, 0) is 18.8 Å². The number of carbonyl (C=O) groups excluding carboxylic acids is 2. The SMILES string of the molecule is Cc1cc([C@@H]2C[C@H]3[C@H]4C(=O)N(c5ccccc5)C(=O)[C@H]4C[C@H](CO[Si](c4ccccc4)(c4ccccc4)C(C)(C)C)[C@@]3(O)O2)cc(C)c1O. The molecule has 2 N–H and O–H groups in total. The molecule has 7 rings (SSSR count). The molecule has 254 valence electrons. The Kier molecular flexibility index (Phi) is 8.42. The number of imide groups is 1. The largest absolute Gasteiger partial charge is 0.507 e. The minimum absolute atomic E-state index is 0.149. The van der Waals surface area contributed by atoms with E-state index in [2.05, 4.69) is 45.0 Å². The molecule has 1 aliphatic carbocycles. The Morgan fingerprint density at radius 2 is 1.37 bits per heavy atom. The van der Waals surface area contributed by atoms with E-state index in [1.807, 2.05) is 80.6 Å². The van der Waals surface area contributed by atoms with E-state index in [1.165, 1.54) is 4.90 Å². The van der Waals surface area contributed by atoms with Crippen molar-refractivity contribution in [2.75, 3.05) is 11.5 Å². The van der Waals surface area contributed by atoms with E-state index < -0.39 is 43.9 Å². The van der Waals surface area contributed by atoms with E-state index in [0.29, 0.717) is 23.2 Å². The molecule has 8 heteroatoms. The lowest BCUT2D eigenvalue weighted by atomic mass is 9.64. The van der Waals surface area contributed by atoms with Gasteiger partial charge in [0.1, 0.15) is 5.75 Å². The Balaban J connectivity index is 1.31. The number of benzene rings is 4. The van der Waals surface area contributed by atoms with Gasteiger partial charge < -0.3 is 19.4 Å². The minimum Gasteiger partial charge on any atom is -0.507 e. The highest BCUT2D eigenvalue weighted by Crippen LogP contribution is 2.59. The van der Waals surface area contributed by atoms with Crippen LogP contribution in [0, 0.1) is 37.5 Å². The number of hydrogen-bond acceptors (Lipinski definition) is 6. The summed E-state index contributed by atoms with van der Waals surface area (Å²) in [6, 6.07) is 33.5. The second kappa shape index (κ2) is 12.4. The first-order chi connectivity index (χ1) is 23.4. The summed E-state index contributed by atoms with van der Waals surface area (Å²) in [4.78, 5) is 29.7. The average Bonchev–Trinajstić information content (AvgIpc) is 3.57. The van der Waals surface area contributed by atoms with E-state index in [-0.39, 0.29) is 35.6 Å². The van der Waals surface area contributed by atoms with Gasteiger partial charge in [-0.15, -0.1) is 0 Å². The molecule has 2 aliphatic heterocycles. The summed E-state index contributed by atoms with van der Waals surface area (Å²) in [6.07, 6.45) is 0.0822. The lowest BCUT2D eigenvalue weighted by Crippen LogP contribution is -2.67. The number of rotatable bonds is 7. The van der Waals surface area contributed by atoms with E-state index in [4.69, 9.17) is 9.16 Å². The van der Waals surface area contributed by atoms with Crippen LogP contribution >= 0.6 is 0 Å². The lowest BCUT2D eigenvalue weighted by Gasteiger charge is -2.48. The smallest absolute Gasteiger partial charge is 0.261 e. The summed E-state index contributed by atoms with van der Waals surface area (Å²) in [6.45, 7) is 10.5. The van der Waals surface area contributed by atoms with Crippen LogP contribution in [-0.4, -0.2) is 42.7 Å². The molecule has 0 bridgehead atoms. The van der Waals surface area contributed by atoms with E-state index in [9.17, 15) is 19.8 Å². The van der Waals surface area contributed by atoms with Crippen molar-refractivity contribution >= 4 is 36.2 Å². The van der Waals surface area contributed by atoms with Crippen molar-refractivity contribution in [3.8, 4) is 5.75 Å². The summed E-state index contributed by atoms with van der Waals surface area (Å²) >= 11 is 0. The second-order valence-electron chi connectivity index (χ2n) is 15.1. The van der Waals surface area contributed by atoms with Gasteiger partial charge in [-0.2, -0.15) is 0 Å². The molecule has 3 aliphatic rings. The number of phenolic OH excluding ortho intramolecular Hbond substituents is 1. The fourth-order valence-corrected chi connectivity index (χ4v) is 13.5. The molecule has 4 aromatic carbocycles. The molecule has 3 fully saturated rings. The monoisotopic (exact) mass is 675 g/mol. The number of carbonyl (C=O) groups is 2. The van der Waals surface area contributed by atoms with Crippen LogP contribution in [0.1, 0.15) is 56.4 Å². The molecule has 2 amide bonds. The van der Waals surface area contributed by atoms with E-state index in [1.54, 1.807) is 12.1 Å². The molecule has 49 heavy (non-hydrogen) atoms. The molecular weight excluding hydrogens is 631 g/mol. The van der Waals surface area contributed by atoms with Gasteiger partial charge in [0.15, 0.2) is 5.79 Å². The van der Waals surface area contributed by atoms with Crippen molar-refractivity contribution in [3.63, 3.8) is 0 Å². The maximum atomic E-state index is 14.2. The van der Waals surface area contributed by atoms with Gasteiger partial charge in [-0.3, -0.25) is 14.5 Å². The topological polar surface area (TPSA) is 96.3 Å². The molecule has 0 radical (unpaired) electrons.